The number of hydrogen-bond donors (Lipinski definition) is 3. The topological polar surface area (TPSA) is 84.2 Å². The molecule has 1 aliphatic rings. The summed E-state index contributed by atoms with van der Waals surface area (Å²) in [6, 6.07) is 0. The molecule has 92 valence electrons. The third-order valence-corrected chi connectivity index (χ3v) is 2.90. The van der Waals surface area contributed by atoms with Gasteiger partial charge in [-0.3, -0.25) is 9.59 Å². The van der Waals surface area contributed by atoms with E-state index in [2.05, 4.69) is 10.6 Å². The van der Waals surface area contributed by atoms with E-state index in [-0.39, 0.29) is 24.3 Å². The predicted molar refractivity (Wildman–Crippen MR) is 61.6 cm³/mol. The minimum atomic E-state index is -0.828. The molecular formula is C11H21N3O2. The van der Waals surface area contributed by atoms with Gasteiger partial charge in [0.25, 0.3) is 0 Å². The van der Waals surface area contributed by atoms with Gasteiger partial charge in [0.1, 0.15) is 0 Å². The molecule has 1 saturated carbocycles. The third-order valence-electron chi connectivity index (χ3n) is 2.90. The monoisotopic (exact) mass is 227 g/mol. The van der Waals surface area contributed by atoms with Crippen molar-refractivity contribution in [1.29, 1.82) is 0 Å². The molecule has 16 heavy (non-hydrogen) atoms. The van der Waals surface area contributed by atoms with Crippen LogP contribution in [0.4, 0.5) is 0 Å². The zero-order chi connectivity index (χ0) is 12.2. The van der Waals surface area contributed by atoms with Crippen LogP contribution in [0.1, 0.15) is 33.1 Å². The Kier molecular flexibility index (Phi) is 4.29. The molecule has 2 amide bonds. The molecule has 0 saturated heterocycles. The molecular weight excluding hydrogens is 206 g/mol. The van der Waals surface area contributed by atoms with E-state index in [9.17, 15) is 9.59 Å². The standard InChI is InChI=1S/C11H21N3O2/c1-3-6-13-9(15)7-14-10(16)11(2,12)8-4-5-8/h8H,3-7,12H2,1-2H3,(H,13,15)(H,14,16). The third kappa shape index (κ3) is 3.48. The van der Waals surface area contributed by atoms with Crippen molar-refractivity contribution in [3.8, 4) is 0 Å². The van der Waals surface area contributed by atoms with Gasteiger partial charge in [-0.25, -0.2) is 0 Å². The van der Waals surface area contributed by atoms with E-state index in [1.807, 2.05) is 6.92 Å². The summed E-state index contributed by atoms with van der Waals surface area (Å²) in [6.07, 6.45) is 2.89. The molecule has 0 aromatic carbocycles. The van der Waals surface area contributed by atoms with E-state index in [0.29, 0.717) is 6.54 Å². The molecule has 5 heteroatoms. The summed E-state index contributed by atoms with van der Waals surface area (Å²) in [7, 11) is 0. The summed E-state index contributed by atoms with van der Waals surface area (Å²) in [5.41, 5.74) is 5.08. The van der Waals surface area contributed by atoms with Gasteiger partial charge in [0.2, 0.25) is 11.8 Å². The Hall–Kier alpha value is -1.10. The van der Waals surface area contributed by atoms with Gasteiger partial charge in [-0.1, -0.05) is 6.92 Å². The first-order chi connectivity index (χ1) is 7.48. The molecule has 0 bridgehead atoms. The van der Waals surface area contributed by atoms with E-state index in [0.717, 1.165) is 19.3 Å². The predicted octanol–water partition coefficient (Wildman–Crippen LogP) is -0.244. The number of carbonyl (C=O) groups is 2. The van der Waals surface area contributed by atoms with E-state index in [1.54, 1.807) is 6.92 Å². The van der Waals surface area contributed by atoms with E-state index in [4.69, 9.17) is 5.73 Å². The summed E-state index contributed by atoms with van der Waals surface area (Å²) < 4.78 is 0. The van der Waals surface area contributed by atoms with Gasteiger partial charge in [0.05, 0.1) is 12.1 Å². The minimum absolute atomic E-state index is 0.0122. The van der Waals surface area contributed by atoms with Crippen molar-refractivity contribution in [3.05, 3.63) is 0 Å². The average Bonchev–Trinajstić information content (AvgIpc) is 3.06. The Morgan fingerprint density at radius 1 is 1.38 bits per heavy atom. The van der Waals surface area contributed by atoms with Gasteiger partial charge in [0.15, 0.2) is 0 Å². The first-order valence-corrected chi connectivity index (χ1v) is 5.82. The normalized spacial score (nSPS) is 18.7. The molecule has 0 aromatic heterocycles. The van der Waals surface area contributed by atoms with Crippen LogP contribution >= 0.6 is 0 Å². The van der Waals surface area contributed by atoms with Crippen LogP contribution < -0.4 is 16.4 Å². The number of nitrogens with one attached hydrogen (secondary N) is 2. The second-order valence-electron chi connectivity index (χ2n) is 4.59. The Morgan fingerprint density at radius 3 is 2.50 bits per heavy atom. The van der Waals surface area contributed by atoms with Gasteiger partial charge in [-0.2, -0.15) is 0 Å². The number of nitrogens with two attached hydrogens (primary N) is 1. The summed E-state index contributed by atoms with van der Waals surface area (Å²) in [5, 5.41) is 5.27. The largest absolute Gasteiger partial charge is 0.355 e. The van der Waals surface area contributed by atoms with Gasteiger partial charge in [-0.15, -0.1) is 0 Å². The molecule has 0 aromatic rings. The SMILES string of the molecule is CCCNC(=O)CNC(=O)C(C)(N)C1CC1. The van der Waals surface area contributed by atoms with Crippen LogP contribution in [0.5, 0.6) is 0 Å². The molecule has 1 rings (SSSR count). The van der Waals surface area contributed by atoms with E-state index >= 15 is 0 Å². The van der Waals surface area contributed by atoms with E-state index < -0.39 is 5.54 Å². The molecule has 4 N–H and O–H groups in total. The molecule has 0 heterocycles. The lowest BCUT2D eigenvalue weighted by molar-refractivity contribution is -0.129. The first kappa shape index (κ1) is 13.0. The van der Waals surface area contributed by atoms with Crippen molar-refractivity contribution in [2.75, 3.05) is 13.1 Å². The highest BCUT2D eigenvalue weighted by molar-refractivity contribution is 5.90. The van der Waals surface area contributed by atoms with Crippen LogP contribution in [0.2, 0.25) is 0 Å². The van der Waals surface area contributed by atoms with Crippen molar-refractivity contribution in [2.45, 2.75) is 38.6 Å². The number of rotatable bonds is 6. The molecule has 1 atom stereocenters. The fourth-order valence-corrected chi connectivity index (χ4v) is 1.55. The Bertz CT molecular complexity index is 272. The van der Waals surface area contributed by atoms with Crippen molar-refractivity contribution in [2.24, 2.45) is 11.7 Å². The molecule has 1 unspecified atom stereocenters. The Labute approximate surface area is 96.1 Å². The zero-order valence-corrected chi connectivity index (χ0v) is 10.0. The molecule has 5 nitrogen and oxygen atoms in total. The summed E-state index contributed by atoms with van der Waals surface area (Å²) in [6.45, 7) is 4.35. The zero-order valence-electron chi connectivity index (χ0n) is 10.0. The van der Waals surface area contributed by atoms with Crippen molar-refractivity contribution >= 4 is 11.8 Å². The van der Waals surface area contributed by atoms with Crippen LogP contribution in [0, 0.1) is 5.92 Å². The Balaban J connectivity index is 2.26. The molecule has 1 fully saturated rings. The summed E-state index contributed by atoms with van der Waals surface area (Å²) in [5.74, 6) is -0.130. The van der Waals surface area contributed by atoms with Crippen LogP contribution in [0.3, 0.4) is 0 Å². The highest BCUT2D eigenvalue weighted by atomic mass is 16.2. The number of hydrogen-bond acceptors (Lipinski definition) is 3. The smallest absolute Gasteiger partial charge is 0.240 e. The van der Waals surface area contributed by atoms with Crippen molar-refractivity contribution in [3.63, 3.8) is 0 Å². The Morgan fingerprint density at radius 2 is 2.00 bits per heavy atom. The second kappa shape index (κ2) is 5.30. The fourth-order valence-electron chi connectivity index (χ4n) is 1.55. The average molecular weight is 227 g/mol. The van der Waals surface area contributed by atoms with Crippen molar-refractivity contribution in [1.82, 2.24) is 10.6 Å². The number of amides is 2. The fraction of sp³-hybridized carbons (Fsp3) is 0.818. The lowest BCUT2D eigenvalue weighted by Gasteiger charge is -2.22. The highest BCUT2D eigenvalue weighted by Crippen LogP contribution is 2.37. The van der Waals surface area contributed by atoms with Crippen LogP contribution in [-0.4, -0.2) is 30.4 Å². The summed E-state index contributed by atoms with van der Waals surface area (Å²) in [4.78, 5) is 23.0. The molecule has 0 spiro atoms. The maximum atomic E-state index is 11.7. The van der Waals surface area contributed by atoms with Crippen LogP contribution in [0.15, 0.2) is 0 Å². The summed E-state index contributed by atoms with van der Waals surface area (Å²) >= 11 is 0. The molecule has 0 radical (unpaired) electrons. The van der Waals surface area contributed by atoms with Gasteiger partial charge < -0.3 is 16.4 Å². The van der Waals surface area contributed by atoms with Crippen LogP contribution in [-0.2, 0) is 9.59 Å². The second-order valence-corrected chi connectivity index (χ2v) is 4.59. The molecule has 0 aliphatic heterocycles. The van der Waals surface area contributed by atoms with E-state index in [1.165, 1.54) is 0 Å². The van der Waals surface area contributed by atoms with Gasteiger partial charge in [0, 0.05) is 6.54 Å². The lowest BCUT2D eigenvalue weighted by Crippen LogP contribution is -2.54. The quantitative estimate of drug-likeness (QED) is 0.585. The lowest BCUT2D eigenvalue weighted by atomic mass is 9.96. The van der Waals surface area contributed by atoms with Crippen LogP contribution in [0.25, 0.3) is 0 Å². The van der Waals surface area contributed by atoms with Gasteiger partial charge in [-0.05, 0) is 32.1 Å². The first-order valence-electron chi connectivity index (χ1n) is 5.82. The molecule has 1 aliphatic carbocycles. The maximum absolute atomic E-state index is 11.7. The minimum Gasteiger partial charge on any atom is -0.355 e. The maximum Gasteiger partial charge on any atom is 0.240 e. The number of carbonyl (C=O) groups excluding carboxylic acids is 2. The highest BCUT2D eigenvalue weighted by Gasteiger charge is 2.43. The van der Waals surface area contributed by atoms with Gasteiger partial charge >= 0.3 is 0 Å². The van der Waals surface area contributed by atoms with Crippen molar-refractivity contribution < 1.29 is 9.59 Å².